The van der Waals surface area contributed by atoms with Gasteiger partial charge in [-0.1, -0.05) is 36.4 Å². The summed E-state index contributed by atoms with van der Waals surface area (Å²) in [5.41, 5.74) is 14.2. The van der Waals surface area contributed by atoms with Crippen molar-refractivity contribution in [3.63, 3.8) is 0 Å². The molecule has 15 heavy (non-hydrogen) atoms. The SMILES string of the molecule is NC[C@H](N)CC1C=Cc2ccccc2C1. The Hall–Kier alpha value is -1.12. The van der Waals surface area contributed by atoms with E-state index in [2.05, 4.69) is 36.4 Å². The number of fused-ring (bicyclic) bond motifs is 1. The third-order valence-electron chi connectivity index (χ3n) is 2.99. The molecule has 1 aromatic rings. The Morgan fingerprint density at radius 3 is 2.93 bits per heavy atom. The van der Waals surface area contributed by atoms with Crippen molar-refractivity contribution in [1.29, 1.82) is 0 Å². The first kappa shape index (κ1) is 10.4. The molecule has 1 aromatic carbocycles. The van der Waals surface area contributed by atoms with Gasteiger partial charge >= 0.3 is 0 Å². The number of rotatable bonds is 3. The Kier molecular flexibility index (Phi) is 3.19. The normalized spacial score (nSPS) is 21.1. The highest BCUT2D eigenvalue weighted by molar-refractivity contribution is 5.56. The van der Waals surface area contributed by atoms with Crippen LogP contribution in [-0.4, -0.2) is 12.6 Å². The van der Waals surface area contributed by atoms with E-state index in [1.165, 1.54) is 11.1 Å². The molecular weight excluding hydrogens is 184 g/mol. The Labute approximate surface area is 91.0 Å². The summed E-state index contributed by atoms with van der Waals surface area (Å²) in [4.78, 5) is 0. The maximum absolute atomic E-state index is 5.86. The first-order valence-corrected chi connectivity index (χ1v) is 5.51. The van der Waals surface area contributed by atoms with Gasteiger partial charge in [0.1, 0.15) is 0 Å². The molecule has 0 aromatic heterocycles. The molecule has 0 aliphatic heterocycles. The van der Waals surface area contributed by atoms with E-state index in [1.807, 2.05) is 0 Å². The summed E-state index contributed by atoms with van der Waals surface area (Å²) in [6, 6.07) is 8.66. The van der Waals surface area contributed by atoms with E-state index in [4.69, 9.17) is 11.5 Å². The van der Waals surface area contributed by atoms with Crippen LogP contribution in [0.5, 0.6) is 0 Å². The van der Waals surface area contributed by atoms with E-state index in [9.17, 15) is 0 Å². The van der Waals surface area contributed by atoms with Crippen molar-refractivity contribution in [2.75, 3.05) is 6.54 Å². The summed E-state index contributed by atoms with van der Waals surface area (Å²) in [5.74, 6) is 0.554. The van der Waals surface area contributed by atoms with E-state index in [-0.39, 0.29) is 6.04 Å². The summed E-state index contributed by atoms with van der Waals surface area (Å²) in [6.45, 7) is 0.575. The average Bonchev–Trinajstić information content (AvgIpc) is 2.29. The molecule has 2 atom stereocenters. The molecule has 1 aliphatic carbocycles. The standard InChI is InChI=1S/C13H18N2/c14-9-13(15)8-10-5-6-11-3-1-2-4-12(11)7-10/h1-6,10,13H,7-9,14-15H2/t10?,13-/m1/s1. The highest BCUT2D eigenvalue weighted by atomic mass is 14.7. The maximum Gasteiger partial charge on any atom is 0.0168 e. The van der Waals surface area contributed by atoms with E-state index in [0.717, 1.165) is 12.8 Å². The third kappa shape index (κ3) is 2.46. The zero-order valence-electron chi connectivity index (χ0n) is 8.89. The van der Waals surface area contributed by atoms with Crippen molar-refractivity contribution in [1.82, 2.24) is 0 Å². The largest absolute Gasteiger partial charge is 0.329 e. The maximum atomic E-state index is 5.86. The average molecular weight is 202 g/mol. The van der Waals surface area contributed by atoms with E-state index >= 15 is 0 Å². The molecule has 0 bridgehead atoms. The number of allylic oxidation sites excluding steroid dienone is 1. The van der Waals surface area contributed by atoms with E-state index in [0.29, 0.717) is 12.5 Å². The Morgan fingerprint density at radius 2 is 2.13 bits per heavy atom. The van der Waals surface area contributed by atoms with Gasteiger partial charge in [-0.3, -0.25) is 0 Å². The van der Waals surface area contributed by atoms with Crippen LogP contribution >= 0.6 is 0 Å². The highest BCUT2D eigenvalue weighted by Crippen LogP contribution is 2.24. The Bertz CT molecular complexity index is 357. The number of hydrogen-bond donors (Lipinski definition) is 2. The Balaban J connectivity index is 2.06. The molecule has 1 unspecified atom stereocenters. The van der Waals surface area contributed by atoms with Gasteiger partial charge in [-0.2, -0.15) is 0 Å². The summed E-state index contributed by atoms with van der Waals surface area (Å²) in [6.07, 6.45) is 6.55. The van der Waals surface area contributed by atoms with Crippen molar-refractivity contribution in [2.45, 2.75) is 18.9 Å². The van der Waals surface area contributed by atoms with Crippen molar-refractivity contribution in [3.8, 4) is 0 Å². The van der Waals surface area contributed by atoms with Crippen LogP contribution in [0.25, 0.3) is 6.08 Å². The molecule has 80 valence electrons. The molecule has 2 rings (SSSR count). The summed E-state index contributed by atoms with van der Waals surface area (Å²) in [7, 11) is 0. The van der Waals surface area contributed by atoms with Gasteiger partial charge in [0, 0.05) is 12.6 Å². The molecule has 0 heterocycles. The van der Waals surface area contributed by atoms with Gasteiger partial charge < -0.3 is 11.5 Å². The minimum absolute atomic E-state index is 0.130. The number of hydrogen-bond acceptors (Lipinski definition) is 2. The minimum atomic E-state index is 0.130. The van der Waals surface area contributed by atoms with Gasteiger partial charge in [-0.15, -0.1) is 0 Å². The molecule has 2 heteroatoms. The second-order valence-electron chi connectivity index (χ2n) is 4.25. The van der Waals surface area contributed by atoms with Gasteiger partial charge in [-0.25, -0.2) is 0 Å². The predicted octanol–water partition coefficient (Wildman–Crippen LogP) is 1.55. The second kappa shape index (κ2) is 4.60. The summed E-state index contributed by atoms with van der Waals surface area (Å²) >= 11 is 0. The fraction of sp³-hybridized carbons (Fsp3) is 0.385. The molecule has 0 saturated heterocycles. The molecule has 0 fully saturated rings. The van der Waals surface area contributed by atoms with Crippen molar-refractivity contribution < 1.29 is 0 Å². The fourth-order valence-electron chi connectivity index (χ4n) is 2.12. The monoisotopic (exact) mass is 202 g/mol. The number of benzene rings is 1. The quantitative estimate of drug-likeness (QED) is 0.781. The molecule has 2 nitrogen and oxygen atoms in total. The van der Waals surface area contributed by atoms with Gasteiger partial charge in [0.15, 0.2) is 0 Å². The van der Waals surface area contributed by atoms with Crippen molar-refractivity contribution in [2.24, 2.45) is 17.4 Å². The summed E-state index contributed by atoms with van der Waals surface area (Å²) < 4.78 is 0. The lowest BCUT2D eigenvalue weighted by molar-refractivity contribution is 0.503. The third-order valence-corrected chi connectivity index (χ3v) is 2.99. The topological polar surface area (TPSA) is 52.0 Å². The first-order valence-electron chi connectivity index (χ1n) is 5.51. The zero-order valence-corrected chi connectivity index (χ0v) is 8.89. The van der Waals surface area contributed by atoms with Gasteiger partial charge in [0.2, 0.25) is 0 Å². The van der Waals surface area contributed by atoms with Crippen LogP contribution in [-0.2, 0) is 6.42 Å². The lowest BCUT2D eigenvalue weighted by atomic mass is 9.86. The number of nitrogens with two attached hydrogens (primary N) is 2. The second-order valence-corrected chi connectivity index (χ2v) is 4.25. The molecule has 0 amide bonds. The molecule has 0 radical (unpaired) electrons. The molecule has 4 N–H and O–H groups in total. The first-order chi connectivity index (χ1) is 7.29. The van der Waals surface area contributed by atoms with Crippen LogP contribution in [0.15, 0.2) is 30.3 Å². The van der Waals surface area contributed by atoms with Crippen LogP contribution in [0.1, 0.15) is 17.5 Å². The van der Waals surface area contributed by atoms with Gasteiger partial charge in [-0.05, 0) is 29.9 Å². The van der Waals surface area contributed by atoms with Crippen molar-refractivity contribution >= 4 is 6.08 Å². The molecule has 0 saturated carbocycles. The minimum Gasteiger partial charge on any atom is -0.329 e. The van der Waals surface area contributed by atoms with Gasteiger partial charge in [0.25, 0.3) is 0 Å². The summed E-state index contributed by atoms with van der Waals surface area (Å²) in [5, 5.41) is 0. The van der Waals surface area contributed by atoms with Crippen LogP contribution in [0.4, 0.5) is 0 Å². The molecular formula is C13H18N2. The molecule has 0 spiro atoms. The van der Waals surface area contributed by atoms with Crippen LogP contribution in [0.2, 0.25) is 0 Å². The predicted molar refractivity (Wildman–Crippen MR) is 64.3 cm³/mol. The highest BCUT2D eigenvalue weighted by Gasteiger charge is 2.15. The Morgan fingerprint density at radius 1 is 1.33 bits per heavy atom. The van der Waals surface area contributed by atoms with Gasteiger partial charge in [0.05, 0.1) is 0 Å². The zero-order chi connectivity index (χ0) is 10.7. The lowest BCUT2D eigenvalue weighted by Gasteiger charge is -2.21. The van der Waals surface area contributed by atoms with E-state index < -0.39 is 0 Å². The van der Waals surface area contributed by atoms with Crippen LogP contribution in [0, 0.1) is 5.92 Å². The smallest absolute Gasteiger partial charge is 0.0168 e. The van der Waals surface area contributed by atoms with E-state index in [1.54, 1.807) is 0 Å². The lowest BCUT2D eigenvalue weighted by Crippen LogP contribution is -2.32. The van der Waals surface area contributed by atoms with Crippen LogP contribution in [0.3, 0.4) is 0 Å². The van der Waals surface area contributed by atoms with Crippen LogP contribution < -0.4 is 11.5 Å². The molecule has 1 aliphatic rings. The fourth-order valence-corrected chi connectivity index (χ4v) is 2.12. The van der Waals surface area contributed by atoms with Crippen molar-refractivity contribution in [3.05, 3.63) is 41.5 Å².